The zero-order valence-electron chi connectivity index (χ0n) is 17.6. The van der Waals surface area contributed by atoms with Gasteiger partial charge in [-0.3, -0.25) is 9.78 Å². The summed E-state index contributed by atoms with van der Waals surface area (Å²) in [6.07, 6.45) is 8.40. The number of carbonyl (C=O) groups excluding carboxylic acids is 1. The average molecular weight is 448 g/mol. The van der Waals surface area contributed by atoms with E-state index in [4.69, 9.17) is 0 Å². The van der Waals surface area contributed by atoms with E-state index in [2.05, 4.69) is 10.3 Å². The van der Waals surface area contributed by atoms with E-state index >= 15 is 0 Å². The molecule has 0 bridgehead atoms. The standard InChI is InChI=1S/C25H25N3O3S/c29-25(21-11-14-24(15-12-21)32(30,31)28-17-4-1-5-18-28)27-23-9-6-7-20(19-23)10-13-22-8-2-3-16-26-22/h2-3,6-16,19H,1,4-5,17-18H2,(H,27,29)/b13-10+. The molecule has 0 unspecified atom stereocenters. The lowest BCUT2D eigenvalue weighted by Gasteiger charge is -2.25. The molecule has 7 heteroatoms. The molecule has 0 spiro atoms. The highest BCUT2D eigenvalue weighted by Gasteiger charge is 2.25. The first kappa shape index (κ1) is 21.9. The van der Waals surface area contributed by atoms with Gasteiger partial charge in [0.25, 0.3) is 5.91 Å². The third-order valence-electron chi connectivity index (χ3n) is 5.35. The maximum absolute atomic E-state index is 12.8. The van der Waals surface area contributed by atoms with Crippen LogP contribution in [0, 0.1) is 0 Å². The number of pyridine rings is 1. The molecule has 2 aromatic carbocycles. The van der Waals surface area contributed by atoms with Crippen molar-refractivity contribution < 1.29 is 13.2 Å². The van der Waals surface area contributed by atoms with E-state index in [-0.39, 0.29) is 10.8 Å². The molecule has 4 rings (SSSR count). The summed E-state index contributed by atoms with van der Waals surface area (Å²) >= 11 is 0. The maximum Gasteiger partial charge on any atom is 0.255 e. The second kappa shape index (κ2) is 9.89. The molecular weight excluding hydrogens is 422 g/mol. The van der Waals surface area contributed by atoms with Crippen LogP contribution in [0.25, 0.3) is 12.2 Å². The molecule has 1 aliphatic rings. The number of sulfonamides is 1. The summed E-state index contributed by atoms with van der Waals surface area (Å²) in [6.45, 7) is 1.10. The van der Waals surface area contributed by atoms with Crippen LogP contribution in [-0.4, -0.2) is 36.7 Å². The first-order valence-electron chi connectivity index (χ1n) is 10.6. The Labute approximate surface area is 188 Å². The van der Waals surface area contributed by atoms with Gasteiger partial charge in [-0.05, 0) is 73.0 Å². The largest absolute Gasteiger partial charge is 0.322 e. The Balaban J connectivity index is 1.43. The molecule has 0 aliphatic carbocycles. The van der Waals surface area contributed by atoms with Gasteiger partial charge in [0.1, 0.15) is 0 Å². The summed E-state index contributed by atoms with van der Waals surface area (Å²) in [6, 6.07) is 19.3. The van der Waals surface area contributed by atoms with Crippen molar-refractivity contribution in [3.05, 3.63) is 89.7 Å². The average Bonchev–Trinajstić information content (AvgIpc) is 2.84. The predicted molar refractivity (Wildman–Crippen MR) is 127 cm³/mol. The fourth-order valence-electron chi connectivity index (χ4n) is 3.61. The number of aromatic nitrogens is 1. The number of amides is 1. The third-order valence-corrected chi connectivity index (χ3v) is 7.26. The molecule has 2 heterocycles. The molecule has 1 amide bonds. The summed E-state index contributed by atoms with van der Waals surface area (Å²) in [5.74, 6) is -0.294. The molecule has 0 atom stereocenters. The zero-order chi connectivity index (χ0) is 22.4. The number of hydrogen-bond acceptors (Lipinski definition) is 4. The van der Waals surface area contributed by atoms with Crippen molar-refractivity contribution in [1.29, 1.82) is 0 Å². The van der Waals surface area contributed by atoms with Gasteiger partial charge < -0.3 is 5.32 Å². The van der Waals surface area contributed by atoms with Crippen LogP contribution in [0.3, 0.4) is 0 Å². The molecule has 6 nitrogen and oxygen atoms in total. The molecule has 164 valence electrons. The summed E-state index contributed by atoms with van der Waals surface area (Å²) in [7, 11) is -3.51. The lowest BCUT2D eigenvalue weighted by molar-refractivity contribution is 0.102. The molecule has 1 N–H and O–H groups in total. The second-order valence-corrected chi connectivity index (χ2v) is 9.59. The number of piperidine rings is 1. The van der Waals surface area contributed by atoms with Crippen LogP contribution in [0.5, 0.6) is 0 Å². The summed E-state index contributed by atoms with van der Waals surface area (Å²) in [4.78, 5) is 17.1. The fourth-order valence-corrected chi connectivity index (χ4v) is 5.13. The SMILES string of the molecule is O=C(Nc1cccc(/C=C/c2ccccn2)c1)c1ccc(S(=O)(=O)N2CCCCC2)cc1. The first-order chi connectivity index (χ1) is 15.5. The number of hydrogen-bond donors (Lipinski definition) is 1. The van der Waals surface area contributed by atoms with Gasteiger partial charge in [-0.2, -0.15) is 4.31 Å². The summed E-state index contributed by atoms with van der Waals surface area (Å²) < 4.78 is 27.1. The molecule has 0 saturated carbocycles. The van der Waals surface area contributed by atoms with Crippen LogP contribution >= 0.6 is 0 Å². The molecule has 1 aliphatic heterocycles. The number of benzene rings is 2. The van der Waals surface area contributed by atoms with Crippen LogP contribution in [-0.2, 0) is 10.0 Å². The topological polar surface area (TPSA) is 79.4 Å². The van der Waals surface area contributed by atoms with Crippen molar-refractivity contribution in [1.82, 2.24) is 9.29 Å². The predicted octanol–water partition coefficient (Wildman–Crippen LogP) is 4.68. The summed E-state index contributed by atoms with van der Waals surface area (Å²) in [5.41, 5.74) is 2.83. The van der Waals surface area contributed by atoms with Gasteiger partial charge in [0.2, 0.25) is 10.0 Å². The Hall–Kier alpha value is -3.29. The molecule has 1 fully saturated rings. The third kappa shape index (κ3) is 5.30. The highest BCUT2D eigenvalue weighted by atomic mass is 32.2. The highest BCUT2D eigenvalue weighted by molar-refractivity contribution is 7.89. The molecule has 3 aromatic rings. The molecule has 0 radical (unpaired) electrons. The van der Waals surface area contributed by atoms with E-state index < -0.39 is 10.0 Å². The number of anilines is 1. The lowest BCUT2D eigenvalue weighted by Crippen LogP contribution is -2.35. The minimum Gasteiger partial charge on any atom is -0.322 e. The minimum absolute atomic E-state index is 0.220. The normalized spacial score (nSPS) is 15.0. The van der Waals surface area contributed by atoms with Gasteiger partial charge >= 0.3 is 0 Å². The van der Waals surface area contributed by atoms with Crippen molar-refractivity contribution in [2.75, 3.05) is 18.4 Å². The monoisotopic (exact) mass is 447 g/mol. The van der Waals surface area contributed by atoms with Gasteiger partial charge in [0.15, 0.2) is 0 Å². The zero-order valence-corrected chi connectivity index (χ0v) is 18.5. The smallest absolute Gasteiger partial charge is 0.255 e. The van der Waals surface area contributed by atoms with E-state index in [0.29, 0.717) is 24.3 Å². The molecule has 32 heavy (non-hydrogen) atoms. The van der Waals surface area contributed by atoms with Crippen LogP contribution in [0.4, 0.5) is 5.69 Å². The fraction of sp³-hybridized carbons (Fsp3) is 0.200. The van der Waals surface area contributed by atoms with Crippen molar-refractivity contribution in [3.63, 3.8) is 0 Å². The molecule has 1 aromatic heterocycles. The van der Waals surface area contributed by atoms with E-state index in [0.717, 1.165) is 30.5 Å². The van der Waals surface area contributed by atoms with Crippen molar-refractivity contribution in [2.45, 2.75) is 24.2 Å². The van der Waals surface area contributed by atoms with Crippen LogP contribution < -0.4 is 5.32 Å². The Morgan fingerprint density at radius 1 is 0.906 bits per heavy atom. The van der Waals surface area contributed by atoms with E-state index in [1.807, 2.05) is 54.6 Å². The number of nitrogens with one attached hydrogen (secondary N) is 1. The Morgan fingerprint density at radius 2 is 1.69 bits per heavy atom. The lowest BCUT2D eigenvalue weighted by atomic mass is 10.1. The van der Waals surface area contributed by atoms with Gasteiger partial charge in [-0.15, -0.1) is 0 Å². The Morgan fingerprint density at radius 3 is 2.41 bits per heavy atom. The Kier molecular flexibility index (Phi) is 6.78. The molecule has 1 saturated heterocycles. The number of nitrogens with zero attached hydrogens (tertiary/aromatic N) is 2. The second-order valence-electron chi connectivity index (χ2n) is 7.66. The van der Waals surface area contributed by atoms with Gasteiger partial charge in [-0.25, -0.2) is 8.42 Å². The van der Waals surface area contributed by atoms with E-state index in [1.54, 1.807) is 18.3 Å². The van der Waals surface area contributed by atoms with Crippen molar-refractivity contribution in [3.8, 4) is 0 Å². The van der Waals surface area contributed by atoms with E-state index in [9.17, 15) is 13.2 Å². The van der Waals surface area contributed by atoms with Gasteiger partial charge in [-0.1, -0.05) is 30.7 Å². The first-order valence-corrected chi connectivity index (χ1v) is 12.1. The Bertz CT molecular complexity index is 1200. The van der Waals surface area contributed by atoms with E-state index in [1.165, 1.54) is 16.4 Å². The highest BCUT2D eigenvalue weighted by Crippen LogP contribution is 2.21. The summed E-state index contributed by atoms with van der Waals surface area (Å²) in [5, 5.41) is 2.87. The van der Waals surface area contributed by atoms with Crippen LogP contribution in [0.15, 0.2) is 77.8 Å². The van der Waals surface area contributed by atoms with Crippen molar-refractivity contribution in [2.24, 2.45) is 0 Å². The van der Waals surface area contributed by atoms with Gasteiger partial charge in [0, 0.05) is 30.5 Å². The number of rotatable bonds is 6. The number of carbonyl (C=O) groups is 1. The van der Waals surface area contributed by atoms with Crippen molar-refractivity contribution >= 4 is 33.8 Å². The van der Waals surface area contributed by atoms with Crippen LogP contribution in [0.1, 0.15) is 40.9 Å². The quantitative estimate of drug-likeness (QED) is 0.595. The maximum atomic E-state index is 12.8. The van der Waals surface area contributed by atoms with Crippen LogP contribution in [0.2, 0.25) is 0 Å². The minimum atomic E-state index is -3.51. The van der Waals surface area contributed by atoms with Gasteiger partial charge in [0.05, 0.1) is 10.6 Å². The molecular formula is C25H25N3O3S.